The van der Waals surface area contributed by atoms with Crippen molar-refractivity contribution in [3.8, 4) is 0 Å². The molecule has 1 aromatic heterocycles. The number of esters is 1. The molecule has 8 N–H and O–H groups in total. The van der Waals surface area contributed by atoms with Crippen LogP contribution < -0.4 is 32.7 Å². The minimum atomic E-state index is -1.07. The summed E-state index contributed by atoms with van der Waals surface area (Å²) in [5, 5.41) is 19.7. The van der Waals surface area contributed by atoms with Crippen molar-refractivity contribution in [1.82, 2.24) is 36.3 Å². The zero-order valence-corrected chi connectivity index (χ0v) is 29.9. The first-order chi connectivity index (χ1) is 23.1. The summed E-state index contributed by atoms with van der Waals surface area (Å²) in [6.07, 6.45) is 5.12. The van der Waals surface area contributed by atoms with E-state index in [4.69, 9.17) is 25.7 Å². The first-order valence-corrected chi connectivity index (χ1v) is 16.9. The maximum Gasteiger partial charge on any atom is 0.303 e. The zero-order valence-electron chi connectivity index (χ0n) is 29.9. The van der Waals surface area contributed by atoms with Gasteiger partial charge in [-0.3, -0.25) is 39.3 Å². The van der Waals surface area contributed by atoms with E-state index < -0.39 is 23.2 Å². The van der Waals surface area contributed by atoms with Crippen molar-refractivity contribution < 1.29 is 38.2 Å². The van der Waals surface area contributed by atoms with E-state index in [1.165, 1.54) is 6.92 Å². The summed E-state index contributed by atoms with van der Waals surface area (Å²) < 4.78 is 17.4. The van der Waals surface area contributed by atoms with Crippen molar-refractivity contribution in [3.05, 3.63) is 11.9 Å². The molecule has 0 aliphatic heterocycles. The number of nitrogens with zero attached hydrogens (tertiary/aromatic N) is 3. The fourth-order valence-electron chi connectivity index (χ4n) is 4.50. The first-order valence-electron chi connectivity index (χ1n) is 16.9. The summed E-state index contributed by atoms with van der Waals surface area (Å²) in [4.78, 5) is 60.3. The van der Waals surface area contributed by atoms with Crippen LogP contribution in [-0.4, -0.2) is 108 Å². The van der Waals surface area contributed by atoms with Crippen LogP contribution in [0.1, 0.15) is 91.7 Å². The molecule has 1 heterocycles. The maximum atomic E-state index is 12.9. The van der Waals surface area contributed by atoms with Crippen LogP contribution in [0.5, 0.6) is 0 Å². The Hall–Kier alpha value is -3.51. The number of primary amides is 1. The number of amides is 3. The molecule has 1 unspecified atom stereocenters. The second-order valence-electron chi connectivity index (χ2n) is 12.9. The second kappa shape index (κ2) is 23.8. The smallest absolute Gasteiger partial charge is 0.303 e. The van der Waals surface area contributed by atoms with Crippen LogP contribution in [0.4, 0.5) is 0 Å². The number of carbonyl (C=O) groups is 5. The molecule has 3 amide bonds. The molecular formula is C32H59N9O8. The van der Waals surface area contributed by atoms with Gasteiger partial charge in [-0.1, -0.05) is 5.21 Å². The summed E-state index contributed by atoms with van der Waals surface area (Å²) in [6, 6.07) is -0.736. The lowest BCUT2D eigenvalue weighted by Gasteiger charge is -2.29. The zero-order chi connectivity index (χ0) is 36.7. The lowest BCUT2D eigenvalue weighted by atomic mass is 9.93. The number of hydrogen-bond acceptors (Lipinski definition) is 13. The molecule has 0 fully saturated rings. The molecule has 1 rings (SSSR count). The number of aryl methyl sites for hydroxylation is 1. The summed E-state index contributed by atoms with van der Waals surface area (Å²) in [7, 11) is 0. The number of nitrogens with one attached hydrogen (secondary N) is 4. The van der Waals surface area contributed by atoms with Crippen LogP contribution in [0.15, 0.2) is 6.20 Å². The lowest BCUT2D eigenvalue weighted by molar-refractivity contribution is -0.142. The number of nitrogens with two attached hydrogens (primary N) is 2. The number of Topliss-reactive ketones (excluding diaryl/α,β-unsaturated/α-hetero) is 1. The quantitative estimate of drug-likeness (QED) is 0.0361. The molecule has 17 nitrogen and oxygen atoms in total. The summed E-state index contributed by atoms with van der Waals surface area (Å²) in [6.45, 7) is 12.1. The van der Waals surface area contributed by atoms with Gasteiger partial charge in [-0.2, -0.15) is 0 Å². The van der Waals surface area contributed by atoms with Gasteiger partial charge in [0.25, 0.3) is 0 Å². The highest BCUT2D eigenvalue weighted by Crippen LogP contribution is 2.13. The predicted molar refractivity (Wildman–Crippen MR) is 182 cm³/mol. The van der Waals surface area contributed by atoms with E-state index in [9.17, 15) is 24.0 Å². The van der Waals surface area contributed by atoms with Gasteiger partial charge in [0, 0.05) is 52.4 Å². The first kappa shape index (κ1) is 43.5. The van der Waals surface area contributed by atoms with Crippen molar-refractivity contribution >= 4 is 29.5 Å². The van der Waals surface area contributed by atoms with Crippen molar-refractivity contribution in [2.45, 2.75) is 116 Å². The van der Waals surface area contributed by atoms with Crippen LogP contribution >= 0.6 is 0 Å². The van der Waals surface area contributed by atoms with Crippen LogP contribution in [-0.2, 0) is 51.3 Å². The Labute approximate surface area is 289 Å². The van der Waals surface area contributed by atoms with E-state index in [0.29, 0.717) is 90.4 Å². The highest BCUT2D eigenvalue weighted by Gasteiger charge is 2.31. The van der Waals surface area contributed by atoms with Gasteiger partial charge in [0.2, 0.25) is 17.7 Å². The van der Waals surface area contributed by atoms with Crippen LogP contribution in [0.3, 0.4) is 0 Å². The fraction of sp³-hybridized carbons (Fsp3) is 0.781. The topological polar surface area (TPSA) is 244 Å². The van der Waals surface area contributed by atoms with Crippen molar-refractivity contribution in [1.29, 1.82) is 0 Å². The Morgan fingerprint density at radius 3 is 2.16 bits per heavy atom. The Bertz CT molecular complexity index is 1150. The van der Waals surface area contributed by atoms with Gasteiger partial charge >= 0.3 is 5.97 Å². The SMILES string of the molecule is CC(=O)OCc1cn(CCCCC(=O)NCCCCC(NC(C)(C)C(=O)CCC(=O)NCCOCCOCCNC(C)(C)N)C(N)=O)nn1. The van der Waals surface area contributed by atoms with Gasteiger partial charge in [-0.25, -0.2) is 0 Å². The molecule has 0 spiro atoms. The van der Waals surface area contributed by atoms with E-state index in [2.05, 4.69) is 31.6 Å². The molecule has 1 aromatic rings. The van der Waals surface area contributed by atoms with Crippen LogP contribution in [0.25, 0.3) is 0 Å². The molecule has 280 valence electrons. The highest BCUT2D eigenvalue weighted by molar-refractivity contribution is 5.91. The minimum Gasteiger partial charge on any atom is -0.459 e. The fourth-order valence-corrected chi connectivity index (χ4v) is 4.50. The van der Waals surface area contributed by atoms with Gasteiger partial charge < -0.3 is 36.3 Å². The average molecular weight is 698 g/mol. The predicted octanol–water partition coefficient (Wildman–Crippen LogP) is -0.197. The van der Waals surface area contributed by atoms with Crippen LogP contribution in [0, 0.1) is 0 Å². The molecule has 0 aromatic carbocycles. The number of rotatable bonds is 29. The maximum absolute atomic E-state index is 12.9. The summed E-state index contributed by atoms with van der Waals surface area (Å²) in [5.74, 6) is -1.51. The van der Waals surface area contributed by atoms with Gasteiger partial charge in [-0.05, 0) is 59.8 Å². The van der Waals surface area contributed by atoms with Crippen molar-refractivity contribution in [3.63, 3.8) is 0 Å². The molecule has 0 saturated carbocycles. The molecule has 1 atom stereocenters. The molecule has 49 heavy (non-hydrogen) atoms. The third-order valence-corrected chi connectivity index (χ3v) is 7.21. The lowest BCUT2D eigenvalue weighted by Crippen LogP contribution is -2.55. The summed E-state index contributed by atoms with van der Waals surface area (Å²) in [5.41, 5.74) is 10.5. The molecular weight excluding hydrogens is 638 g/mol. The third kappa shape index (κ3) is 22.7. The van der Waals surface area contributed by atoms with E-state index in [-0.39, 0.29) is 43.0 Å². The standard InChI is InChI=1S/C32H59N9O8/c1-24(42)49-23-25-22-41(40-39-25)17-9-7-11-28(44)35-14-8-6-10-26(30(33)46)38-31(2,3)27(43)12-13-29(45)36-15-18-47-20-21-48-19-16-37-32(4,5)34/h22,26,37-38H,6-21,23,34H2,1-5H3,(H2,33,46)(H,35,44)(H,36,45). The summed E-state index contributed by atoms with van der Waals surface area (Å²) >= 11 is 0. The number of carbonyl (C=O) groups excluding carboxylic acids is 5. The minimum absolute atomic E-state index is 0.00163. The Balaban J connectivity index is 2.17. The molecule has 0 radical (unpaired) electrons. The van der Waals surface area contributed by atoms with E-state index in [1.54, 1.807) is 24.7 Å². The number of ether oxygens (including phenoxy) is 3. The monoisotopic (exact) mass is 697 g/mol. The van der Waals surface area contributed by atoms with Gasteiger partial charge in [-0.15, -0.1) is 5.10 Å². The van der Waals surface area contributed by atoms with Gasteiger partial charge in [0.05, 0.1) is 49.9 Å². The van der Waals surface area contributed by atoms with Gasteiger partial charge in [0.1, 0.15) is 12.3 Å². The molecule has 0 bridgehead atoms. The van der Waals surface area contributed by atoms with E-state index in [0.717, 1.165) is 6.42 Å². The van der Waals surface area contributed by atoms with E-state index >= 15 is 0 Å². The van der Waals surface area contributed by atoms with E-state index in [1.807, 2.05) is 13.8 Å². The normalized spacial score (nSPS) is 12.4. The molecule has 0 aliphatic rings. The Morgan fingerprint density at radius 2 is 1.51 bits per heavy atom. The van der Waals surface area contributed by atoms with Crippen molar-refractivity contribution in [2.24, 2.45) is 11.5 Å². The second-order valence-corrected chi connectivity index (χ2v) is 12.9. The average Bonchev–Trinajstić information content (AvgIpc) is 3.48. The molecule has 0 aliphatic carbocycles. The molecule has 17 heteroatoms. The van der Waals surface area contributed by atoms with Crippen LogP contribution in [0.2, 0.25) is 0 Å². The van der Waals surface area contributed by atoms with Crippen molar-refractivity contribution in [2.75, 3.05) is 46.1 Å². The largest absolute Gasteiger partial charge is 0.459 e. The molecule has 0 saturated heterocycles. The Kier molecular flexibility index (Phi) is 21.1. The third-order valence-electron chi connectivity index (χ3n) is 7.21. The number of unbranched alkanes of at least 4 members (excludes halogenated alkanes) is 2. The number of ketones is 1. The number of hydrogen-bond donors (Lipinski definition) is 6. The highest BCUT2D eigenvalue weighted by atomic mass is 16.5. The number of aromatic nitrogens is 3. The Morgan fingerprint density at radius 1 is 0.857 bits per heavy atom. The van der Waals surface area contributed by atoms with Gasteiger partial charge in [0.15, 0.2) is 5.78 Å².